The minimum Gasteiger partial charge on any atom is -0.321 e. The van der Waals surface area contributed by atoms with Gasteiger partial charge in [-0.3, -0.25) is 4.79 Å². The zero-order chi connectivity index (χ0) is 14.5. The van der Waals surface area contributed by atoms with E-state index >= 15 is 0 Å². The Balaban J connectivity index is 2.19. The van der Waals surface area contributed by atoms with Crippen molar-refractivity contribution in [1.29, 1.82) is 0 Å². The molecule has 1 N–H and O–H groups in total. The fourth-order valence-corrected chi connectivity index (χ4v) is 2.28. The fourth-order valence-electron chi connectivity index (χ4n) is 1.51. The van der Waals surface area contributed by atoms with E-state index in [4.69, 9.17) is 11.6 Å². The summed E-state index contributed by atoms with van der Waals surface area (Å²) in [6.45, 7) is 0. The van der Waals surface area contributed by atoms with Crippen LogP contribution in [0.2, 0.25) is 5.15 Å². The number of carbonyl (C=O) groups excluding carboxylic acids is 1. The Morgan fingerprint density at radius 2 is 2.05 bits per heavy atom. The van der Waals surface area contributed by atoms with Gasteiger partial charge in [-0.1, -0.05) is 35.5 Å². The molecule has 0 spiro atoms. The Kier molecular flexibility index (Phi) is 4.92. The molecule has 0 saturated heterocycles. The molecule has 20 heavy (non-hydrogen) atoms. The van der Waals surface area contributed by atoms with Crippen LogP contribution in [0.4, 0.5) is 14.5 Å². The summed E-state index contributed by atoms with van der Waals surface area (Å²) in [4.78, 5) is 16.1. The summed E-state index contributed by atoms with van der Waals surface area (Å²) in [5, 5.41) is 2.77. The second kappa shape index (κ2) is 6.67. The average Bonchev–Trinajstić information content (AvgIpc) is 2.40. The van der Waals surface area contributed by atoms with Crippen LogP contribution >= 0.6 is 23.4 Å². The summed E-state index contributed by atoms with van der Waals surface area (Å²) in [5.74, 6) is -2.99. The lowest BCUT2D eigenvalue weighted by Gasteiger charge is -2.10. The molecule has 2 aromatic rings. The fraction of sp³-hybridized carbons (Fsp3) is 0.0769. The highest BCUT2D eigenvalue weighted by Crippen LogP contribution is 2.31. The molecular formula is C13H9ClF2N2OS. The van der Waals surface area contributed by atoms with Crippen molar-refractivity contribution in [1.82, 2.24) is 4.98 Å². The molecule has 0 fully saturated rings. The molecule has 0 aliphatic carbocycles. The van der Waals surface area contributed by atoms with Gasteiger partial charge in [-0.25, -0.2) is 4.98 Å². The Labute approximate surface area is 123 Å². The molecule has 0 atom stereocenters. The van der Waals surface area contributed by atoms with Crippen molar-refractivity contribution in [2.45, 2.75) is 10.7 Å². The number of carbonyl (C=O) groups is 1. The van der Waals surface area contributed by atoms with Crippen LogP contribution in [0.5, 0.6) is 0 Å². The van der Waals surface area contributed by atoms with Crippen molar-refractivity contribution in [3.8, 4) is 0 Å². The second-order valence-corrected chi connectivity index (χ2v) is 5.12. The lowest BCUT2D eigenvalue weighted by Crippen LogP contribution is -2.12. The summed E-state index contributed by atoms with van der Waals surface area (Å²) in [7, 11) is 0. The van der Waals surface area contributed by atoms with Crippen LogP contribution < -0.4 is 5.32 Å². The van der Waals surface area contributed by atoms with E-state index in [1.165, 1.54) is 24.4 Å². The minimum atomic E-state index is -2.55. The molecule has 0 aliphatic heterocycles. The van der Waals surface area contributed by atoms with E-state index in [0.717, 1.165) is 0 Å². The largest absolute Gasteiger partial charge is 0.321 e. The number of para-hydroxylation sites is 1. The maximum atomic E-state index is 12.4. The topological polar surface area (TPSA) is 42.0 Å². The molecule has 7 heteroatoms. The Hall–Kier alpha value is -1.66. The van der Waals surface area contributed by atoms with Gasteiger partial charge in [-0.2, -0.15) is 8.78 Å². The van der Waals surface area contributed by atoms with Crippen molar-refractivity contribution in [2.24, 2.45) is 0 Å². The van der Waals surface area contributed by atoms with Gasteiger partial charge in [-0.05, 0) is 24.3 Å². The number of amides is 1. The summed E-state index contributed by atoms with van der Waals surface area (Å²) in [5.41, 5.74) is 0.637. The number of rotatable bonds is 4. The number of aromatic nitrogens is 1. The molecule has 1 heterocycles. The summed E-state index contributed by atoms with van der Waals surface area (Å²) in [6.07, 6.45) is 1.40. The van der Waals surface area contributed by atoms with Crippen molar-refractivity contribution < 1.29 is 13.6 Å². The summed E-state index contributed by atoms with van der Waals surface area (Å²) >= 11 is 6.08. The van der Waals surface area contributed by atoms with E-state index in [2.05, 4.69) is 10.3 Å². The van der Waals surface area contributed by atoms with Gasteiger partial charge in [0.05, 0.1) is 5.69 Å². The van der Waals surface area contributed by atoms with E-state index in [9.17, 15) is 13.6 Å². The average molecular weight is 315 g/mol. The lowest BCUT2D eigenvalue weighted by molar-refractivity contribution is 0.102. The molecule has 1 aromatic carbocycles. The molecule has 104 valence electrons. The first-order chi connectivity index (χ1) is 9.56. The quantitative estimate of drug-likeness (QED) is 0.675. The van der Waals surface area contributed by atoms with E-state index in [0.29, 0.717) is 27.9 Å². The Bertz CT molecular complexity index is 625. The maximum absolute atomic E-state index is 12.4. The molecule has 3 nitrogen and oxygen atoms in total. The first kappa shape index (κ1) is 14.7. The normalized spacial score (nSPS) is 10.6. The molecule has 0 radical (unpaired) electrons. The first-order valence-electron chi connectivity index (χ1n) is 5.53. The van der Waals surface area contributed by atoms with E-state index in [1.807, 2.05) is 0 Å². The van der Waals surface area contributed by atoms with E-state index in [1.54, 1.807) is 18.2 Å². The van der Waals surface area contributed by atoms with Gasteiger partial charge < -0.3 is 5.32 Å². The van der Waals surface area contributed by atoms with Gasteiger partial charge in [0.1, 0.15) is 5.15 Å². The number of hydrogen-bond acceptors (Lipinski definition) is 3. The third-order valence-corrected chi connectivity index (χ3v) is 3.33. The number of nitrogens with zero attached hydrogens (tertiary/aromatic N) is 1. The predicted molar refractivity (Wildman–Crippen MR) is 75.5 cm³/mol. The number of alkyl halides is 2. The molecule has 2 rings (SSSR count). The minimum absolute atomic E-state index is 0.188. The zero-order valence-electron chi connectivity index (χ0n) is 10.0. The monoisotopic (exact) mass is 314 g/mol. The maximum Gasteiger partial charge on any atom is 0.288 e. The second-order valence-electron chi connectivity index (χ2n) is 3.70. The zero-order valence-corrected chi connectivity index (χ0v) is 11.6. The highest BCUT2D eigenvalue weighted by molar-refractivity contribution is 7.99. The summed E-state index contributed by atoms with van der Waals surface area (Å²) < 4.78 is 24.9. The van der Waals surface area contributed by atoms with Crippen LogP contribution in [0.1, 0.15) is 10.4 Å². The molecule has 0 bridgehead atoms. The third kappa shape index (κ3) is 3.91. The van der Waals surface area contributed by atoms with Crippen molar-refractivity contribution in [3.05, 3.63) is 53.3 Å². The lowest BCUT2D eigenvalue weighted by atomic mass is 10.2. The standard InChI is InChI=1S/C13H9ClF2N2OS/c14-11-7-8(5-6-17-11)12(19)18-9-3-1-2-4-10(9)20-13(15)16/h1-7,13H,(H,18,19). The van der Waals surface area contributed by atoms with E-state index < -0.39 is 11.7 Å². The number of anilines is 1. The van der Waals surface area contributed by atoms with Gasteiger partial charge >= 0.3 is 0 Å². The molecule has 0 aliphatic rings. The van der Waals surface area contributed by atoms with Gasteiger partial charge in [0, 0.05) is 16.7 Å². The van der Waals surface area contributed by atoms with Crippen LogP contribution in [0, 0.1) is 0 Å². The van der Waals surface area contributed by atoms with Gasteiger partial charge in [0.25, 0.3) is 11.7 Å². The highest BCUT2D eigenvalue weighted by Gasteiger charge is 2.13. The molecule has 1 amide bonds. The Morgan fingerprint density at radius 3 is 2.75 bits per heavy atom. The van der Waals surface area contributed by atoms with Gasteiger partial charge in [0.2, 0.25) is 0 Å². The molecule has 1 aromatic heterocycles. The van der Waals surface area contributed by atoms with Crippen LogP contribution in [0.15, 0.2) is 47.5 Å². The Morgan fingerprint density at radius 1 is 1.30 bits per heavy atom. The van der Waals surface area contributed by atoms with Crippen molar-refractivity contribution in [2.75, 3.05) is 5.32 Å². The molecular weight excluding hydrogens is 306 g/mol. The SMILES string of the molecule is O=C(Nc1ccccc1SC(F)F)c1ccnc(Cl)c1. The highest BCUT2D eigenvalue weighted by atomic mass is 35.5. The number of benzene rings is 1. The predicted octanol–water partition coefficient (Wildman–Crippen LogP) is 4.30. The van der Waals surface area contributed by atoms with Crippen LogP contribution in [0.25, 0.3) is 0 Å². The van der Waals surface area contributed by atoms with Gasteiger partial charge in [-0.15, -0.1) is 0 Å². The number of pyridine rings is 1. The first-order valence-corrected chi connectivity index (χ1v) is 6.79. The third-order valence-electron chi connectivity index (χ3n) is 2.34. The van der Waals surface area contributed by atoms with Crippen LogP contribution in [0.3, 0.4) is 0 Å². The number of thioether (sulfide) groups is 1. The molecule has 0 unspecified atom stereocenters. The summed E-state index contributed by atoms with van der Waals surface area (Å²) in [6, 6.07) is 9.26. The van der Waals surface area contributed by atoms with Crippen molar-refractivity contribution in [3.63, 3.8) is 0 Å². The molecule has 0 saturated carbocycles. The van der Waals surface area contributed by atoms with Crippen LogP contribution in [-0.2, 0) is 0 Å². The smallest absolute Gasteiger partial charge is 0.288 e. The van der Waals surface area contributed by atoms with E-state index in [-0.39, 0.29) is 5.15 Å². The number of nitrogens with one attached hydrogen (secondary N) is 1. The van der Waals surface area contributed by atoms with Crippen molar-refractivity contribution >= 4 is 35.0 Å². The number of halogens is 3. The van der Waals surface area contributed by atoms with Crippen LogP contribution in [-0.4, -0.2) is 16.6 Å². The van der Waals surface area contributed by atoms with Gasteiger partial charge in [0.15, 0.2) is 0 Å². The number of hydrogen-bond donors (Lipinski definition) is 1.